The summed E-state index contributed by atoms with van der Waals surface area (Å²) in [5, 5.41) is 0. The minimum atomic E-state index is -3.22. The minimum Gasteiger partial charge on any atom is -0.312 e. The summed E-state index contributed by atoms with van der Waals surface area (Å²) in [6.07, 6.45) is 1.39. The lowest BCUT2D eigenvalue weighted by molar-refractivity contribution is 0.0972. The second kappa shape index (κ2) is 9.10. The van der Waals surface area contributed by atoms with Gasteiger partial charge in [-0.3, -0.25) is 9.36 Å². The van der Waals surface area contributed by atoms with Crippen molar-refractivity contribution in [3.63, 3.8) is 0 Å². The van der Waals surface area contributed by atoms with Crippen molar-refractivity contribution in [1.82, 2.24) is 0 Å². The third-order valence-electron chi connectivity index (χ3n) is 4.43. The summed E-state index contributed by atoms with van der Waals surface area (Å²) in [6.45, 7) is 2.08. The van der Waals surface area contributed by atoms with Crippen LogP contribution in [0.4, 0.5) is 0 Å². The molecule has 2 aromatic rings. The normalized spacial score (nSPS) is 12.8. The maximum absolute atomic E-state index is 12.9. The predicted octanol–water partition coefficient (Wildman–Crippen LogP) is 5.44. The van der Waals surface area contributed by atoms with Gasteiger partial charge in [0.25, 0.3) is 0 Å². The number of benzene rings is 2. The van der Waals surface area contributed by atoms with Gasteiger partial charge in [-0.2, -0.15) is 0 Å². The molecule has 2 aromatic carbocycles. The molecule has 5 heteroatoms. The van der Waals surface area contributed by atoms with Crippen LogP contribution in [0.15, 0.2) is 54.6 Å². The molecule has 0 fully saturated rings. The van der Waals surface area contributed by atoms with Gasteiger partial charge in [-0.25, -0.2) is 0 Å². The Morgan fingerprint density at radius 3 is 2.20 bits per heavy atom. The van der Waals surface area contributed by atoms with Gasteiger partial charge in [0.05, 0.1) is 6.16 Å². The highest BCUT2D eigenvalue weighted by molar-refractivity contribution is 7.52. The number of carbonyl (C=O) groups excluding carboxylic acids is 1. The lowest BCUT2D eigenvalue weighted by atomic mass is 9.89. The molecule has 0 N–H and O–H groups in total. The van der Waals surface area contributed by atoms with Crippen LogP contribution in [-0.4, -0.2) is 20.0 Å². The molecule has 0 aliphatic carbocycles. The molecule has 0 saturated heterocycles. The predicted molar refractivity (Wildman–Crippen MR) is 100 cm³/mol. The highest BCUT2D eigenvalue weighted by Gasteiger charge is 2.25. The number of Topliss-reactive ketones (excluding diaryl/α,β-unsaturated/α-hetero) is 1. The maximum Gasteiger partial charge on any atom is 0.334 e. The topological polar surface area (TPSA) is 52.6 Å². The van der Waals surface area contributed by atoms with E-state index in [1.807, 2.05) is 30.3 Å². The number of carbonyl (C=O) groups is 1. The van der Waals surface area contributed by atoms with Crippen molar-refractivity contribution in [2.75, 3.05) is 14.2 Å². The van der Waals surface area contributed by atoms with E-state index in [0.717, 1.165) is 12.0 Å². The largest absolute Gasteiger partial charge is 0.334 e. The average molecular weight is 360 g/mol. The van der Waals surface area contributed by atoms with Gasteiger partial charge in [0.2, 0.25) is 0 Å². The highest BCUT2D eigenvalue weighted by atomic mass is 31.2. The molecule has 0 saturated carbocycles. The zero-order chi connectivity index (χ0) is 18.3. The molecule has 0 amide bonds. The van der Waals surface area contributed by atoms with Gasteiger partial charge in [-0.15, -0.1) is 0 Å². The first-order valence-electron chi connectivity index (χ1n) is 8.39. The molecular weight excluding hydrogens is 335 g/mol. The van der Waals surface area contributed by atoms with E-state index in [-0.39, 0.29) is 17.9 Å². The molecule has 2 rings (SSSR count). The Morgan fingerprint density at radius 1 is 1.00 bits per heavy atom. The third-order valence-corrected chi connectivity index (χ3v) is 6.27. The van der Waals surface area contributed by atoms with Gasteiger partial charge in [0, 0.05) is 26.2 Å². The summed E-state index contributed by atoms with van der Waals surface area (Å²) in [4.78, 5) is 12.9. The minimum absolute atomic E-state index is 0.0464. The molecule has 0 aromatic heterocycles. The summed E-state index contributed by atoms with van der Waals surface area (Å²) < 4.78 is 22.5. The Labute approximate surface area is 149 Å². The second-order valence-corrected chi connectivity index (χ2v) is 8.20. The van der Waals surface area contributed by atoms with Crippen molar-refractivity contribution < 1.29 is 18.4 Å². The van der Waals surface area contributed by atoms with Crippen molar-refractivity contribution in [3.05, 3.63) is 71.3 Å². The zero-order valence-electron chi connectivity index (χ0n) is 15.0. The van der Waals surface area contributed by atoms with Crippen LogP contribution in [0.25, 0.3) is 0 Å². The molecule has 0 aliphatic rings. The summed E-state index contributed by atoms with van der Waals surface area (Å²) in [6, 6.07) is 17.3. The van der Waals surface area contributed by atoms with E-state index < -0.39 is 7.60 Å². The maximum atomic E-state index is 12.9. The molecule has 25 heavy (non-hydrogen) atoms. The van der Waals surface area contributed by atoms with Crippen molar-refractivity contribution in [3.8, 4) is 0 Å². The lowest BCUT2D eigenvalue weighted by Crippen LogP contribution is -2.10. The quantitative estimate of drug-likeness (QED) is 0.441. The SMILES string of the molecule is CCC(CC(=O)c1ccccc1CP(=O)(OC)OC)c1ccccc1. The highest BCUT2D eigenvalue weighted by Crippen LogP contribution is 2.50. The van der Waals surface area contributed by atoms with Gasteiger partial charge in [-0.1, -0.05) is 61.5 Å². The van der Waals surface area contributed by atoms with Crippen LogP contribution in [0.3, 0.4) is 0 Å². The van der Waals surface area contributed by atoms with E-state index in [1.54, 1.807) is 12.1 Å². The number of hydrogen-bond acceptors (Lipinski definition) is 4. The summed E-state index contributed by atoms with van der Waals surface area (Å²) in [5.74, 6) is 0.212. The molecule has 1 atom stereocenters. The van der Waals surface area contributed by atoms with Crippen molar-refractivity contribution in [2.24, 2.45) is 0 Å². The Kier molecular flexibility index (Phi) is 7.12. The summed E-state index contributed by atoms with van der Waals surface area (Å²) in [5.41, 5.74) is 2.45. The van der Waals surface area contributed by atoms with Crippen LogP contribution < -0.4 is 0 Å². The fourth-order valence-corrected chi connectivity index (χ4v) is 4.00. The lowest BCUT2D eigenvalue weighted by Gasteiger charge is -2.18. The average Bonchev–Trinajstić information content (AvgIpc) is 2.66. The third kappa shape index (κ3) is 5.12. The smallest absolute Gasteiger partial charge is 0.312 e. The van der Waals surface area contributed by atoms with Gasteiger partial charge >= 0.3 is 7.60 Å². The van der Waals surface area contributed by atoms with Crippen molar-refractivity contribution >= 4 is 13.4 Å². The van der Waals surface area contributed by atoms with Crippen molar-refractivity contribution in [1.29, 1.82) is 0 Å². The first-order chi connectivity index (χ1) is 12.0. The van der Waals surface area contributed by atoms with E-state index in [0.29, 0.717) is 17.5 Å². The van der Waals surface area contributed by atoms with Gasteiger partial charge in [0.15, 0.2) is 5.78 Å². The first-order valence-corrected chi connectivity index (χ1v) is 10.1. The Morgan fingerprint density at radius 2 is 1.60 bits per heavy atom. The monoisotopic (exact) mass is 360 g/mol. The second-order valence-electron chi connectivity index (χ2n) is 5.93. The molecule has 0 spiro atoms. The number of rotatable bonds is 9. The first kappa shape index (κ1) is 19.6. The van der Waals surface area contributed by atoms with Crippen LogP contribution in [0.5, 0.6) is 0 Å². The van der Waals surface area contributed by atoms with Gasteiger partial charge in [0.1, 0.15) is 0 Å². The molecule has 134 valence electrons. The zero-order valence-corrected chi connectivity index (χ0v) is 15.9. The van der Waals surface area contributed by atoms with Crippen LogP contribution in [0.2, 0.25) is 0 Å². The van der Waals surface area contributed by atoms with Crippen LogP contribution in [0.1, 0.15) is 47.2 Å². The van der Waals surface area contributed by atoms with Gasteiger partial charge < -0.3 is 9.05 Å². The van der Waals surface area contributed by atoms with Crippen LogP contribution in [-0.2, 0) is 19.8 Å². The van der Waals surface area contributed by atoms with Crippen LogP contribution >= 0.6 is 7.60 Å². The van der Waals surface area contributed by atoms with Crippen LogP contribution in [0, 0.1) is 0 Å². The van der Waals surface area contributed by atoms with E-state index in [2.05, 4.69) is 19.1 Å². The molecule has 1 unspecified atom stereocenters. The Bertz CT molecular complexity index is 734. The molecule has 0 aliphatic heterocycles. The molecular formula is C20H25O4P. The fraction of sp³-hybridized carbons (Fsp3) is 0.350. The van der Waals surface area contributed by atoms with Gasteiger partial charge in [-0.05, 0) is 23.5 Å². The molecule has 0 heterocycles. The van der Waals surface area contributed by atoms with E-state index in [9.17, 15) is 9.36 Å². The Hall–Kier alpha value is -1.74. The Balaban J connectivity index is 2.23. The standard InChI is InChI=1S/C20H25O4P/c1-4-16(17-10-6-5-7-11-17)14-20(21)19-13-9-8-12-18(19)15-25(22,23-2)24-3/h5-13,16H,4,14-15H2,1-3H3. The number of hydrogen-bond donors (Lipinski definition) is 0. The van der Waals surface area contributed by atoms with E-state index in [1.165, 1.54) is 14.2 Å². The molecule has 0 bridgehead atoms. The molecule has 0 radical (unpaired) electrons. The molecule has 4 nitrogen and oxygen atoms in total. The van der Waals surface area contributed by atoms with E-state index in [4.69, 9.17) is 9.05 Å². The fourth-order valence-electron chi connectivity index (χ4n) is 2.90. The summed E-state index contributed by atoms with van der Waals surface area (Å²) >= 11 is 0. The van der Waals surface area contributed by atoms with Crippen molar-refractivity contribution in [2.45, 2.75) is 31.8 Å². The summed E-state index contributed by atoms with van der Waals surface area (Å²) in [7, 11) is -0.504. The number of ketones is 1. The van der Waals surface area contributed by atoms with E-state index >= 15 is 0 Å².